The van der Waals surface area contributed by atoms with Crippen LogP contribution in [0.15, 0.2) is 65.5 Å². The minimum atomic E-state index is 0.638. The van der Waals surface area contributed by atoms with Gasteiger partial charge in [-0.15, -0.1) is 0 Å². The lowest BCUT2D eigenvalue weighted by Crippen LogP contribution is -1.97. The van der Waals surface area contributed by atoms with Crippen molar-refractivity contribution in [3.63, 3.8) is 0 Å². The van der Waals surface area contributed by atoms with Crippen LogP contribution in [0.2, 0.25) is 0 Å². The Morgan fingerprint density at radius 1 is 0.926 bits per heavy atom. The average molecular weight is 426 g/mol. The second-order valence-electron chi connectivity index (χ2n) is 5.73. The van der Waals surface area contributed by atoms with Gasteiger partial charge in [-0.2, -0.15) is 5.10 Å². The summed E-state index contributed by atoms with van der Waals surface area (Å²) in [6.07, 6.45) is 5.30. The molecule has 0 N–H and O–H groups in total. The summed E-state index contributed by atoms with van der Waals surface area (Å²) in [6, 6.07) is 13.1. The maximum Gasteiger partial charge on any atom is 0.138 e. The van der Waals surface area contributed by atoms with Gasteiger partial charge in [0.05, 0.1) is 29.9 Å². The van der Waals surface area contributed by atoms with Crippen molar-refractivity contribution in [3.05, 3.63) is 65.5 Å². The quantitative estimate of drug-likeness (QED) is 0.450. The number of aromatic nitrogens is 3. The van der Waals surface area contributed by atoms with Crippen molar-refractivity contribution in [2.45, 2.75) is 0 Å². The number of fused-ring (bicyclic) bond motifs is 1. The normalized spacial score (nSPS) is 10.8. The Bertz CT molecular complexity index is 1100. The van der Waals surface area contributed by atoms with Crippen molar-refractivity contribution in [2.24, 2.45) is 0 Å². The fourth-order valence-electron chi connectivity index (χ4n) is 2.78. The highest BCUT2D eigenvalue weighted by Crippen LogP contribution is 2.36. The third-order valence-corrected chi connectivity index (χ3v) is 4.69. The van der Waals surface area contributed by atoms with Gasteiger partial charge in [0.25, 0.3) is 0 Å². The lowest BCUT2D eigenvalue weighted by molar-refractivity contribution is 0.409. The van der Waals surface area contributed by atoms with Gasteiger partial charge >= 0.3 is 0 Å². The molecule has 0 saturated carbocycles. The topological polar surface area (TPSA) is 58.4 Å². The van der Waals surface area contributed by atoms with Gasteiger partial charge in [-0.25, -0.2) is 4.68 Å². The Hall–Kier alpha value is -3.06. The standard InChI is InChI=1S/C20H16BrN3O3/c1-25-14-8-13(24-7-3-5-23-24)9-15(10-14)27-19-4-6-22-18-12-20(26-2)17(21)11-16(18)19/h3-12H,1-2H3. The predicted octanol–water partition coefficient (Wildman–Crippen LogP) is 4.99. The van der Waals surface area contributed by atoms with Crippen LogP contribution in [0.25, 0.3) is 16.6 Å². The van der Waals surface area contributed by atoms with Crippen LogP contribution in [0.3, 0.4) is 0 Å². The van der Waals surface area contributed by atoms with Crippen LogP contribution in [0.5, 0.6) is 23.0 Å². The van der Waals surface area contributed by atoms with Gasteiger partial charge < -0.3 is 14.2 Å². The van der Waals surface area contributed by atoms with Crippen molar-refractivity contribution in [2.75, 3.05) is 14.2 Å². The summed E-state index contributed by atoms with van der Waals surface area (Å²) in [5.74, 6) is 2.72. The van der Waals surface area contributed by atoms with E-state index in [1.165, 1.54) is 0 Å². The Kier molecular flexibility index (Phi) is 4.68. The van der Waals surface area contributed by atoms with Gasteiger partial charge in [-0.1, -0.05) is 0 Å². The van der Waals surface area contributed by atoms with Crippen LogP contribution < -0.4 is 14.2 Å². The first-order valence-corrected chi connectivity index (χ1v) is 8.96. The van der Waals surface area contributed by atoms with Crippen LogP contribution >= 0.6 is 15.9 Å². The Morgan fingerprint density at radius 2 is 1.78 bits per heavy atom. The van der Waals surface area contributed by atoms with Crippen LogP contribution in [-0.2, 0) is 0 Å². The van der Waals surface area contributed by atoms with Crippen LogP contribution in [0.4, 0.5) is 0 Å². The number of ether oxygens (including phenoxy) is 3. The van der Waals surface area contributed by atoms with Crippen molar-refractivity contribution in [1.29, 1.82) is 0 Å². The van der Waals surface area contributed by atoms with E-state index in [1.54, 1.807) is 31.3 Å². The smallest absolute Gasteiger partial charge is 0.138 e. The van der Waals surface area contributed by atoms with Gasteiger partial charge in [-0.05, 0) is 34.1 Å². The SMILES string of the molecule is COc1cc(Oc2ccnc3cc(OC)c(Br)cc23)cc(-n2cccn2)c1. The summed E-state index contributed by atoms with van der Waals surface area (Å²) < 4.78 is 19.5. The molecule has 136 valence electrons. The molecule has 4 rings (SSSR count). The molecule has 0 aliphatic carbocycles. The molecule has 0 aliphatic heterocycles. The number of pyridine rings is 1. The van der Waals surface area contributed by atoms with Crippen molar-refractivity contribution in [1.82, 2.24) is 14.8 Å². The van der Waals surface area contributed by atoms with E-state index in [1.807, 2.05) is 48.7 Å². The summed E-state index contributed by atoms with van der Waals surface area (Å²) >= 11 is 3.52. The Labute approximate surface area is 164 Å². The number of rotatable bonds is 5. The number of halogens is 1. The van der Waals surface area contributed by atoms with E-state index >= 15 is 0 Å². The summed E-state index contributed by atoms with van der Waals surface area (Å²) in [5.41, 5.74) is 1.62. The Morgan fingerprint density at radius 3 is 2.52 bits per heavy atom. The highest BCUT2D eigenvalue weighted by atomic mass is 79.9. The third kappa shape index (κ3) is 3.46. The molecule has 0 aliphatic rings. The average Bonchev–Trinajstić information content (AvgIpc) is 3.22. The number of hydrogen-bond acceptors (Lipinski definition) is 5. The van der Waals surface area contributed by atoms with Crippen molar-refractivity contribution >= 4 is 26.8 Å². The molecule has 0 spiro atoms. The largest absolute Gasteiger partial charge is 0.497 e. The van der Waals surface area contributed by atoms with E-state index < -0.39 is 0 Å². The summed E-state index contributed by atoms with van der Waals surface area (Å²) in [4.78, 5) is 4.41. The summed E-state index contributed by atoms with van der Waals surface area (Å²) in [7, 11) is 3.25. The van der Waals surface area contributed by atoms with Gasteiger partial charge in [0.2, 0.25) is 0 Å². The maximum absolute atomic E-state index is 6.18. The van der Waals surface area contributed by atoms with E-state index in [9.17, 15) is 0 Å². The maximum atomic E-state index is 6.18. The first-order valence-electron chi connectivity index (χ1n) is 8.17. The molecule has 0 atom stereocenters. The lowest BCUT2D eigenvalue weighted by atomic mass is 10.2. The van der Waals surface area contributed by atoms with Crippen molar-refractivity contribution < 1.29 is 14.2 Å². The summed E-state index contributed by atoms with van der Waals surface area (Å²) in [5, 5.41) is 5.14. The molecule has 7 heteroatoms. The zero-order valence-electron chi connectivity index (χ0n) is 14.7. The molecule has 0 amide bonds. The molecular formula is C20H16BrN3O3. The van der Waals surface area contributed by atoms with E-state index in [0.29, 0.717) is 17.2 Å². The number of benzene rings is 2. The number of hydrogen-bond donors (Lipinski definition) is 0. The molecule has 27 heavy (non-hydrogen) atoms. The van der Waals surface area contributed by atoms with Gasteiger partial charge in [0.15, 0.2) is 0 Å². The third-order valence-electron chi connectivity index (χ3n) is 4.07. The van der Waals surface area contributed by atoms with Crippen LogP contribution in [0.1, 0.15) is 0 Å². The highest BCUT2D eigenvalue weighted by Gasteiger charge is 2.11. The van der Waals surface area contributed by atoms with E-state index in [4.69, 9.17) is 14.2 Å². The fourth-order valence-corrected chi connectivity index (χ4v) is 3.29. The first kappa shape index (κ1) is 17.4. The zero-order chi connectivity index (χ0) is 18.8. The zero-order valence-corrected chi connectivity index (χ0v) is 16.3. The number of nitrogens with zero attached hydrogens (tertiary/aromatic N) is 3. The molecule has 0 unspecified atom stereocenters. The number of methoxy groups -OCH3 is 2. The molecular weight excluding hydrogens is 410 g/mol. The molecule has 2 heterocycles. The second-order valence-corrected chi connectivity index (χ2v) is 6.59. The van der Waals surface area contributed by atoms with Gasteiger partial charge in [0, 0.05) is 48.2 Å². The minimum absolute atomic E-state index is 0.638. The molecule has 0 radical (unpaired) electrons. The molecule has 4 aromatic rings. The fraction of sp³-hybridized carbons (Fsp3) is 0.100. The van der Waals surface area contributed by atoms with Gasteiger partial charge in [-0.3, -0.25) is 4.98 Å². The second kappa shape index (κ2) is 7.28. The van der Waals surface area contributed by atoms with Gasteiger partial charge in [0.1, 0.15) is 23.0 Å². The van der Waals surface area contributed by atoms with E-state index in [0.717, 1.165) is 26.8 Å². The predicted molar refractivity (Wildman–Crippen MR) is 106 cm³/mol. The van der Waals surface area contributed by atoms with E-state index in [2.05, 4.69) is 26.0 Å². The monoisotopic (exact) mass is 425 g/mol. The Balaban J connectivity index is 1.78. The molecule has 6 nitrogen and oxygen atoms in total. The minimum Gasteiger partial charge on any atom is -0.497 e. The lowest BCUT2D eigenvalue weighted by Gasteiger charge is -2.13. The van der Waals surface area contributed by atoms with Crippen LogP contribution in [0, 0.1) is 0 Å². The summed E-state index contributed by atoms with van der Waals surface area (Å²) in [6.45, 7) is 0. The first-order chi connectivity index (χ1) is 13.2. The van der Waals surface area contributed by atoms with Crippen LogP contribution in [-0.4, -0.2) is 29.0 Å². The van der Waals surface area contributed by atoms with Crippen molar-refractivity contribution in [3.8, 4) is 28.7 Å². The molecule has 2 aromatic heterocycles. The molecule has 0 fully saturated rings. The molecule has 0 saturated heterocycles. The molecule has 0 bridgehead atoms. The molecule has 2 aromatic carbocycles. The van der Waals surface area contributed by atoms with E-state index in [-0.39, 0.29) is 0 Å². The highest BCUT2D eigenvalue weighted by molar-refractivity contribution is 9.10.